The van der Waals surface area contributed by atoms with E-state index in [0.717, 1.165) is 37.4 Å². The summed E-state index contributed by atoms with van der Waals surface area (Å²) in [4.78, 5) is 73.6. The largest absolute Gasteiger partial charge is 1.00 e. The number of nitrogens with one attached hydrogen (secondary N) is 2. The second-order valence-electron chi connectivity index (χ2n) is 11.2. The van der Waals surface area contributed by atoms with Crippen molar-refractivity contribution in [2.45, 2.75) is 51.5 Å². The van der Waals surface area contributed by atoms with Crippen LogP contribution >= 0.6 is 11.3 Å². The molecule has 3 aromatic heterocycles. The van der Waals surface area contributed by atoms with Gasteiger partial charge in [0.15, 0.2) is 28.0 Å². The Morgan fingerprint density at radius 1 is 1.22 bits per heavy atom. The molecule has 1 fully saturated rings. The van der Waals surface area contributed by atoms with Crippen LogP contribution in [-0.4, -0.2) is 101 Å². The van der Waals surface area contributed by atoms with E-state index < -0.39 is 92.8 Å². The van der Waals surface area contributed by atoms with Crippen molar-refractivity contribution in [2.75, 3.05) is 12.3 Å². The van der Waals surface area contributed by atoms with Crippen LogP contribution < -0.4 is 91.5 Å². The van der Waals surface area contributed by atoms with E-state index in [1.165, 1.54) is 19.2 Å². The summed E-state index contributed by atoms with van der Waals surface area (Å²) in [6.07, 6.45) is 0.852. The molecule has 2 amide bonds. The number of amidine groups is 1. The van der Waals surface area contributed by atoms with Gasteiger partial charge in [0.25, 0.3) is 11.8 Å². The van der Waals surface area contributed by atoms with Crippen LogP contribution in [0, 0.1) is 0 Å². The molecule has 0 bridgehead atoms. The molecular weight excluding hydrogens is 730 g/mol. The minimum absolute atomic E-state index is 0. The predicted molar refractivity (Wildman–Crippen MR) is 159 cm³/mol. The van der Waals surface area contributed by atoms with Crippen LogP contribution in [0.5, 0.6) is 5.75 Å². The van der Waals surface area contributed by atoms with Crippen LogP contribution in [0.4, 0.5) is 5.13 Å². The number of aliphatic carboxylic acids is 1. The van der Waals surface area contributed by atoms with Gasteiger partial charge in [-0.05, 0) is 27.7 Å². The Labute approximate surface area is 329 Å². The van der Waals surface area contributed by atoms with Gasteiger partial charge in [-0.25, -0.2) is 9.78 Å². The number of H-pyrrole nitrogens is 1. The monoisotopic (exact) mass is 756 g/mol. The summed E-state index contributed by atoms with van der Waals surface area (Å²) in [6.45, 7) is 3.62. The number of aromatic hydroxyl groups is 1. The Morgan fingerprint density at radius 3 is 2.38 bits per heavy atom. The van der Waals surface area contributed by atoms with Crippen molar-refractivity contribution in [1.29, 1.82) is 0 Å². The number of nitrogen functional groups attached to an aromatic ring is 1. The summed E-state index contributed by atoms with van der Waals surface area (Å²) < 4.78 is 29.5. The number of rotatable bonds is 11. The van der Waals surface area contributed by atoms with Gasteiger partial charge in [-0.15, -0.1) is 20.8 Å². The molecule has 0 aliphatic carbocycles. The number of β-lactam (4-membered cyclic amide) rings is 1. The first kappa shape index (κ1) is 42.5. The topological polar surface area (TPSA) is 333 Å². The van der Waals surface area contributed by atoms with Gasteiger partial charge in [0.1, 0.15) is 11.7 Å². The second kappa shape index (κ2) is 15.7. The van der Waals surface area contributed by atoms with Crippen LogP contribution in [0.1, 0.15) is 33.4 Å². The SMILES string of the molecule is CC(C)(O)Cn1c(-c2cc(=O)c(O)c[nH]2)nn(S(=O)(=O)N=C([O-])N2C[C@H](NC(=O)/C(=N\OC(C)(C)C(=O)[O-])c3csc(N)n3)C2=O)c1=O.[Na+].[Na+]. The number of oxime groups is 1. The van der Waals surface area contributed by atoms with E-state index in [2.05, 4.69) is 29.9 Å². The number of carboxylic acid groups (broad SMARTS) is 1. The zero-order valence-corrected chi connectivity index (χ0v) is 32.9. The number of carbonyl (C=O) groups excluding carboxylic acids is 3. The van der Waals surface area contributed by atoms with Crippen molar-refractivity contribution in [1.82, 2.24) is 33.9 Å². The molecule has 3 aromatic rings. The third-order valence-electron chi connectivity index (χ3n) is 6.23. The quantitative estimate of drug-likeness (QED) is 0.0399. The van der Waals surface area contributed by atoms with E-state index in [1.807, 2.05) is 0 Å². The molecule has 1 aliphatic heterocycles. The van der Waals surface area contributed by atoms with Crippen LogP contribution in [-0.2, 0) is 36.0 Å². The summed E-state index contributed by atoms with van der Waals surface area (Å²) in [6, 6.07) is -2.27. The first-order valence-corrected chi connectivity index (χ1v) is 15.6. The number of likely N-dealkylation sites (tertiary alicyclic amines) is 1. The molecule has 0 unspecified atom stereocenters. The first-order chi connectivity index (χ1) is 22.1. The zero-order chi connectivity index (χ0) is 35.9. The van der Waals surface area contributed by atoms with Gasteiger partial charge in [-0.3, -0.25) is 19.0 Å². The van der Waals surface area contributed by atoms with Crippen LogP contribution in [0.2, 0.25) is 0 Å². The maximum absolute atomic E-state index is 13.1. The molecule has 1 atom stereocenters. The Bertz CT molecular complexity index is 2100. The Hall–Kier alpha value is -3.62. The van der Waals surface area contributed by atoms with Crippen LogP contribution in [0.3, 0.4) is 0 Å². The van der Waals surface area contributed by atoms with Crippen molar-refractivity contribution in [3.63, 3.8) is 0 Å². The van der Waals surface area contributed by atoms with E-state index in [1.54, 1.807) is 0 Å². The number of amides is 2. The smallest absolute Gasteiger partial charge is 0.845 e. The fraction of sp³-hybridized carbons (Fsp3) is 0.375. The maximum atomic E-state index is 13.1. The minimum atomic E-state index is -5.30. The number of aromatic nitrogens is 5. The molecule has 6 N–H and O–H groups in total. The molecule has 1 saturated heterocycles. The number of pyridine rings is 1. The van der Waals surface area contributed by atoms with Gasteiger partial charge in [-0.2, -0.15) is 8.42 Å². The average molecular weight is 757 g/mol. The summed E-state index contributed by atoms with van der Waals surface area (Å²) in [7, 11) is -5.30. The molecule has 258 valence electrons. The first-order valence-electron chi connectivity index (χ1n) is 13.3. The number of hydrogen-bond donors (Lipinski definition) is 5. The van der Waals surface area contributed by atoms with Crippen molar-refractivity contribution in [3.8, 4) is 17.3 Å². The fourth-order valence-electron chi connectivity index (χ4n) is 3.77. The molecule has 0 spiro atoms. The number of aliphatic hydroxyl groups is 1. The van der Waals surface area contributed by atoms with E-state index in [9.17, 15) is 52.8 Å². The standard InChI is InChI=1S/C24H28N10O12S2.2Na/c1-23(2,43)9-33-16(10-5-13(35)14(36)6-26-10)29-34(22(33)42)48(44,45)31-21(41)32-7-11(18(32)38)27-17(37)15(12-8-47-20(25)28-12)30-46-24(3,4)19(39)40;;/h5-6,8,11,36,43H,7,9H2,1-4H3,(H2,25,28)(H,26,35)(H,27,37)(H,31,41)(H,39,40);;/q;2*+1/p-2/b30-15-;;/t11-;;/m0../s1. The number of hydrogen-bond acceptors (Lipinski definition) is 17. The van der Waals surface area contributed by atoms with Gasteiger partial charge in [0.2, 0.25) is 5.43 Å². The number of carbonyl (C=O) groups is 3. The Morgan fingerprint density at radius 2 is 1.86 bits per heavy atom. The molecule has 22 nitrogen and oxygen atoms in total. The van der Waals surface area contributed by atoms with E-state index in [-0.39, 0.29) is 79.7 Å². The predicted octanol–water partition coefficient (Wildman–Crippen LogP) is -11.0. The molecule has 26 heteroatoms. The van der Waals surface area contributed by atoms with Crippen molar-refractivity contribution in [3.05, 3.63) is 44.0 Å². The third kappa shape index (κ3) is 9.38. The summed E-state index contributed by atoms with van der Waals surface area (Å²) in [5.74, 6) is -5.07. The van der Waals surface area contributed by atoms with Gasteiger partial charge >= 0.3 is 75.0 Å². The molecule has 50 heavy (non-hydrogen) atoms. The second-order valence-corrected chi connectivity index (χ2v) is 13.5. The number of anilines is 1. The summed E-state index contributed by atoms with van der Waals surface area (Å²) >= 11 is 0.906. The molecule has 4 rings (SSSR count). The summed E-state index contributed by atoms with van der Waals surface area (Å²) in [5, 5.41) is 54.5. The number of aromatic amines is 1. The number of thiazole rings is 1. The fourth-order valence-corrected chi connectivity index (χ4v) is 5.16. The van der Waals surface area contributed by atoms with E-state index >= 15 is 0 Å². The average Bonchev–Trinajstić information content (AvgIpc) is 3.53. The van der Waals surface area contributed by atoms with Crippen LogP contribution in [0.25, 0.3) is 11.5 Å². The minimum Gasteiger partial charge on any atom is -0.845 e. The van der Waals surface area contributed by atoms with Crippen molar-refractivity contribution >= 4 is 56.2 Å². The zero-order valence-electron chi connectivity index (χ0n) is 27.2. The van der Waals surface area contributed by atoms with E-state index in [0.29, 0.717) is 9.47 Å². The normalized spacial score (nSPS) is 15.4. The summed E-state index contributed by atoms with van der Waals surface area (Å²) in [5.41, 5.74) is -1.30. The molecule has 0 radical (unpaired) electrons. The molecular formula is C24H26N10Na2O12S2. The van der Waals surface area contributed by atoms with Gasteiger partial charge in [0.05, 0.1) is 36.4 Å². The molecule has 0 saturated carbocycles. The third-order valence-corrected chi connectivity index (χ3v) is 7.96. The Balaban J connectivity index is 0.00000433. The maximum Gasteiger partial charge on any atom is 1.00 e. The molecule has 4 heterocycles. The van der Waals surface area contributed by atoms with E-state index in [4.69, 9.17) is 10.6 Å². The number of nitrogens with two attached hydrogens (primary N) is 1. The van der Waals surface area contributed by atoms with Crippen molar-refractivity contribution in [2.24, 2.45) is 9.55 Å². The van der Waals surface area contributed by atoms with Gasteiger partial charge in [0, 0.05) is 17.6 Å². The number of nitrogens with zero attached hydrogens (tertiary/aromatic N) is 7. The van der Waals surface area contributed by atoms with Gasteiger partial charge < -0.3 is 51.0 Å². The number of carboxylic acids is 1. The van der Waals surface area contributed by atoms with Crippen LogP contribution in [0.15, 0.2) is 36.8 Å². The molecule has 1 aliphatic rings. The van der Waals surface area contributed by atoms with Crippen molar-refractivity contribution < 1.29 is 107 Å². The Kier molecular flexibility index (Phi) is 13.4. The van der Waals surface area contributed by atoms with Gasteiger partial charge in [-0.1, -0.05) is 9.24 Å². The molecule has 0 aromatic carbocycles.